The van der Waals surface area contributed by atoms with E-state index in [1.54, 1.807) is 19.1 Å². The fraction of sp³-hybridized carbons (Fsp3) is 0.100. The van der Waals surface area contributed by atoms with Crippen molar-refractivity contribution < 1.29 is 9.53 Å². The number of halogens is 1. The lowest BCUT2D eigenvalue weighted by Gasteiger charge is -2.14. The van der Waals surface area contributed by atoms with Crippen LogP contribution in [0.4, 0.5) is 0 Å². The minimum absolute atomic E-state index is 0.328. The van der Waals surface area contributed by atoms with Crippen LogP contribution < -0.4 is 10.2 Å². The van der Waals surface area contributed by atoms with Crippen molar-refractivity contribution in [2.45, 2.75) is 13.0 Å². The van der Waals surface area contributed by atoms with Gasteiger partial charge in [-0.3, -0.25) is 4.79 Å². The number of nitrogens with zero attached hydrogens (tertiary/aromatic N) is 1. The van der Waals surface area contributed by atoms with Gasteiger partial charge in [-0.05, 0) is 36.1 Å². The first-order valence-corrected chi connectivity index (χ1v) is 8.24. The zero-order chi connectivity index (χ0) is 17.6. The third-order valence-corrected chi connectivity index (χ3v) is 3.89. The van der Waals surface area contributed by atoms with Crippen LogP contribution in [-0.2, 0) is 4.79 Å². The number of hydrogen-bond donors (Lipinski definition) is 1. The molecule has 3 aromatic rings. The summed E-state index contributed by atoms with van der Waals surface area (Å²) in [7, 11) is 0. The number of carbonyl (C=O) groups is 1. The summed E-state index contributed by atoms with van der Waals surface area (Å²) in [6.07, 6.45) is 0.858. The van der Waals surface area contributed by atoms with Gasteiger partial charge in [0.05, 0.1) is 6.21 Å². The Hall–Kier alpha value is -2.85. The predicted molar refractivity (Wildman–Crippen MR) is 101 cm³/mol. The largest absolute Gasteiger partial charge is 0.480 e. The Labute approximate surface area is 151 Å². The van der Waals surface area contributed by atoms with Gasteiger partial charge >= 0.3 is 0 Å². The fourth-order valence-electron chi connectivity index (χ4n) is 2.39. The highest BCUT2D eigenvalue weighted by Crippen LogP contribution is 2.26. The van der Waals surface area contributed by atoms with E-state index in [9.17, 15) is 4.79 Å². The van der Waals surface area contributed by atoms with E-state index in [1.165, 1.54) is 6.21 Å². The second-order valence-corrected chi connectivity index (χ2v) is 5.96. The Morgan fingerprint density at radius 1 is 1.12 bits per heavy atom. The van der Waals surface area contributed by atoms with Gasteiger partial charge in [-0.25, -0.2) is 5.43 Å². The number of benzene rings is 3. The topological polar surface area (TPSA) is 50.7 Å². The Morgan fingerprint density at radius 2 is 1.88 bits per heavy atom. The van der Waals surface area contributed by atoms with Gasteiger partial charge < -0.3 is 4.74 Å². The Morgan fingerprint density at radius 3 is 2.72 bits per heavy atom. The number of ether oxygens (including phenoxy) is 1. The molecule has 3 rings (SSSR count). The molecule has 0 unspecified atom stereocenters. The first-order valence-electron chi connectivity index (χ1n) is 7.86. The summed E-state index contributed by atoms with van der Waals surface area (Å²) in [6, 6.07) is 20.8. The van der Waals surface area contributed by atoms with E-state index in [1.807, 2.05) is 54.6 Å². The van der Waals surface area contributed by atoms with Crippen molar-refractivity contribution in [1.29, 1.82) is 0 Å². The third kappa shape index (κ3) is 4.37. The van der Waals surface area contributed by atoms with Crippen molar-refractivity contribution in [2.75, 3.05) is 0 Å². The number of rotatable bonds is 5. The fourth-order valence-corrected chi connectivity index (χ4v) is 2.59. The maximum absolute atomic E-state index is 12.2. The van der Waals surface area contributed by atoms with Gasteiger partial charge in [-0.2, -0.15) is 5.10 Å². The van der Waals surface area contributed by atoms with Gasteiger partial charge in [0.15, 0.2) is 6.10 Å². The number of nitrogens with one attached hydrogen (secondary N) is 1. The predicted octanol–water partition coefficient (Wildman–Crippen LogP) is 4.41. The molecule has 1 atom stereocenters. The molecule has 3 aromatic carbocycles. The molecular weight excluding hydrogens is 336 g/mol. The van der Waals surface area contributed by atoms with E-state index in [2.05, 4.69) is 10.5 Å². The maximum Gasteiger partial charge on any atom is 0.280 e. The monoisotopic (exact) mass is 352 g/mol. The van der Waals surface area contributed by atoms with Crippen LogP contribution in [0.3, 0.4) is 0 Å². The summed E-state index contributed by atoms with van der Waals surface area (Å²) >= 11 is 5.91. The van der Waals surface area contributed by atoms with Crippen LogP contribution >= 0.6 is 11.6 Å². The third-order valence-electron chi connectivity index (χ3n) is 3.66. The Kier molecular flexibility index (Phi) is 5.31. The Balaban J connectivity index is 1.64. The number of fused-ring (bicyclic) bond motifs is 1. The average Bonchev–Trinajstić information content (AvgIpc) is 2.62. The standard InChI is InChI=1S/C20H17ClN2O2/c1-14(20(24)23-22-13-15-6-4-9-17(21)12-15)25-19-11-5-8-16-7-2-3-10-18(16)19/h2-14H,1H3,(H,23,24)/t14-/m0/s1. The zero-order valence-electron chi connectivity index (χ0n) is 13.6. The first kappa shape index (κ1) is 17.0. The maximum atomic E-state index is 12.2. The molecule has 1 amide bonds. The molecule has 126 valence electrons. The molecule has 1 N–H and O–H groups in total. The smallest absolute Gasteiger partial charge is 0.280 e. The van der Waals surface area contributed by atoms with Crippen molar-refractivity contribution in [2.24, 2.45) is 5.10 Å². The van der Waals surface area contributed by atoms with Crippen molar-refractivity contribution in [3.05, 3.63) is 77.3 Å². The van der Waals surface area contributed by atoms with Crippen LogP contribution in [0, 0.1) is 0 Å². The summed E-state index contributed by atoms with van der Waals surface area (Å²) in [4.78, 5) is 12.2. The zero-order valence-corrected chi connectivity index (χ0v) is 14.4. The van der Waals surface area contributed by atoms with E-state index in [0.717, 1.165) is 16.3 Å². The molecule has 0 aromatic heterocycles. The molecule has 4 nitrogen and oxygen atoms in total. The van der Waals surface area contributed by atoms with Crippen molar-refractivity contribution in [1.82, 2.24) is 5.43 Å². The van der Waals surface area contributed by atoms with Crippen LogP contribution in [0.1, 0.15) is 12.5 Å². The van der Waals surface area contributed by atoms with E-state index in [4.69, 9.17) is 16.3 Å². The molecule has 25 heavy (non-hydrogen) atoms. The molecule has 0 radical (unpaired) electrons. The SMILES string of the molecule is C[C@H](Oc1cccc2ccccc12)C(=O)NN=Cc1cccc(Cl)c1. The minimum atomic E-state index is -0.678. The summed E-state index contributed by atoms with van der Waals surface area (Å²) in [5.74, 6) is 0.339. The summed E-state index contributed by atoms with van der Waals surface area (Å²) in [5, 5.41) is 6.58. The van der Waals surface area contributed by atoms with Crippen molar-refractivity contribution in [3.8, 4) is 5.75 Å². The van der Waals surface area contributed by atoms with Crippen molar-refractivity contribution >= 4 is 34.5 Å². The van der Waals surface area contributed by atoms with Gasteiger partial charge in [0, 0.05) is 10.4 Å². The lowest BCUT2D eigenvalue weighted by molar-refractivity contribution is -0.127. The molecule has 0 saturated heterocycles. The Bertz CT molecular complexity index is 919. The van der Waals surface area contributed by atoms with Gasteiger partial charge in [0.1, 0.15) is 5.75 Å². The number of amides is 1. The normalized spacial score (nSPS) is 12.2. The van der Waals surface area contributed by atoms with Crippen LogP contribution in [0.5, 0.6) is 5.75 Å². The van der Waals surface area contributed by atoms with Crippen LogP contribution in [0.2, 0.25) is 5.02 Å². The average molecular weight is 353 g/mol. The highest BCUT2D eigenvalue weighted by Gasteiger charge is 2.15. The summed E-state index contributed by atoms with van der Waals surface area (Å²) in [5.41, 5.74) is 3.28. The minimum Gasteiger partial charge on any atom is -0.480 e. The highest BCUT2D eigenvalue weighted by molar-refractivity contribution is 6.30. The van der Waals surface area contributed by atoms with E-state index in [-0.39, 0.29) is 5.91 Å². The van der Waals surface area contributed by atoms with Gasteiger partial charge in [0.25, 0.3) is 5.91 Å². The molecule has 0 aliphatic rings. The lowest BCUT2D eigenvalue weighted by Crippen LogP contribution is -2.33. The van der Waals surface area contributed by atoms with Gasteiger partial charge in [-0.15, -0.1) is 0 Å². The number of carbonyl (C=O) groups excluding carboxylic acids is 1. The molecule has 0 spiro atoms. The molecule has 0 heterocycles. The molecule has 0 aliphatic heterocycles. The quantitative estimate of drug-likeness (QED) is 0.546. The first-order chi connectivity index (χ1) is 12.1. The van der Waals surface area contributed by atoms with Gasteiger partial charge in [-0.1, -0.05) is 60.1 Å². The van der Waals surface area contributed by atoms with E-state index in [0.29, 0.717) is 10.8 Å². The molecule has 0 bridgehead atoms. The molecule has 0 aliphatic carbocycles. The summed E-state index contributed by atoms with van der Waals surface area (Å²) < 4.78 is 5.80. The van der Waals surface area contributed by atoms with Crippen LogP contribution in [0.15, 0.2) is 71.8 Å². The summed E-state index contributed by atoms with van der Waals surface area (Å²) in [6.45, 7) is 1.69. The molecule has 0 fully saturated rings. The van der Waals surface area contributed by atoms with E-state index >= 15 is 0 Å². The van der Waals surface area contributed by atoms with E-state index < -0.39 is 6.10 Å². The number of hydrogen-bond acceptors (Lipinski definition) is 3. The second kappa shape index (κ2) is 7.81. The second-order valence-electron chi connectivity index (χ2n) is 5.53. The molecular formula is C20H17ClN2O2. The molecule has 0 saturated carbocycles. The van der Waals surface area contributed by atoms with Crippen molar-refractivity contribution in [3.63, 3.8) is 0 Å². The highest BCUT2D eigenvalue weighted by atomic mass is 35.5. The molecule has 5 heteroatoms. The van der Waals surface area contributed by atoms with Gasteiger partial charge in [0.2, 0.25) is 0 Å². The number of hydrazone groups is 1. The van der Waals surface area contributed by atoms with Crippen LogP contribution in [-0.4, -0.2) is 18.2 Å². The van der Waals surface area contributed by atoms with Crippen LogP contribution in [0.25, 0.3) is 10.8 Å². The lowest BCUT2D eigenvalue weighted by atomic mass is 10.1.